The highest BCUT2D eigenvalue weighted by molar-refractivity contribution is 7.16. The summed E-state index contributed by atoms with van der Waals surface area (Å²) >= 11 is 0.944. The number of halogens is 1. The van der Waals surface area contributed by atoms with Crippen LogP contribution >= 0.6 is 11.3 Å². The Bertz CT molecular complexity index is 949. The van der Waals surface area contributed by atoms with Crippen molar-refractivity contribution in [2.45, 2.75) is 0 Å². The molecule has 0 aliphatic heterocycles. The summed E-state index contributed by atoms with van der Waals surface area (Å²) < 4.78 is 18.2. The van der Waals surface area contributed by atoms with Crippen molar-refractivity contribution in [2.75, 3.05) is 5.32 Å². The average Bonchev–Trinajstić information content (AvgIpc) is 3.23. The van der Waals surface area contributed by atoms with E-state index in [1.54, 1.807) is 0 Å². The van der Waals surface area contributed by atoms with Crippen LogP contribution in [0.15, 0.2) is 46.9 Å². The second-order valence-electron chi connectivity index (χ2n) is 4.67. The minimum Gasteiger partial charge on any atom is -0.403 e. The van der Waals surface area contributed by atoms with Crippen molar-refractivity contribution in [2.24, 2.45) is 0 Å². The maximum absolute atomic E-state index is 12.9. The molecule has 1 aromatic carbocycles. The summed E-state index contributed by atoms with van der Waals surface area (Å²) in [6.07, 6.45) is 2.63. The number of benzene rings is 1. The average molecular weight is 360 g/mol. The molecule has 0 spiro atoms. The Morgan fingerprint density at radius 3 is 2.68 bits per heavy atom. The topological polar surface area (TPSA) is 111 Å². The molecule has 1 amide bonds. The summed E-state index contributed by atoms with van der Waals surface area (Å²) in [6.45, 7) is 0. The predicted molar refractivity (Wildman–Crippen MR) is 88.3 cm³/mol. The van der Waals surface area contributed by atoms with Gasteiger partial charge in [0, 0.05) is 22.6 Å². The molecule has 0 aliphatic rings. The van der Waals surface area contributed by atoms with Gasteiger partial charge in [-0.05, 0) is 36.4 Å². The van der Waals surface area contributed by atoms with E-state index in [4.69, 9.17) is 4.42 Å². The molecule has 2 aromatic heterocycles. The summed E-state index contributed by atoms with van der Waals surface area (Å²) in [6, 6.07) is 8.21. The van der Waals surface area contributed by atoms with Gasteiger partial charge < -0.3 is 4.42 Å². The van der Waals surface area contributed by atoms with Gasteiger partial charge in [-0.2, -0.15) is 0 Å². The molecule has 10 heteroatoms. The molecule has 2 heterocycles. The standard InChI is InChI=1S/C15H9FN4O4S/c16-10-3-1-9(2-4-10)14-18-19-15(24-14)17-12(21)7-5-11-6-8-13(25-11)20(22)23/h1-8H,(H,17,19,21). The molecule has 0 fully saturated rings. The number of nitrogens with zero attached hydrogens (tertiary/aromatic N) is 3. The maximum atomic E-state index is 12.9. The molecule has 0 saturated carbocycles. The van der Waals surface area contributed by atoms with Gasteiger partial charge in [-0.1, -0.05) is 16.4 Å². The molecular weight excluding hydrogens is 351 g/mol. The lowest BCUT2D eigenvalue weighted by molar-refractivity contribution is -0.380. The Morgan fingerprint density at radius 2 is 2.00 bits per heavy atom. The van der Waals surface area contributed by atoms with Crippen LogP contribution in [0.25, 0.3) is 17.5 Å². The fraction of sp³-hybridized carbons (Fsp3) is 0. The number of hydrogen-bond donors (Lipinski definition) is 1. The Balaban J connectivity index is 1.64. The van der Waals surface area contributed by atoms with Crippen molar-refractivity contribution in [1.82, 2.24) is 10.2 Å². The van der Waals surface area contributed by atoms with Gasteiger partial charge in [0.15, 0.2) is 0 Å². The Hall–Kier alpha value is -3.40. The zero-order chi connectivity index (χ0) is 17.8. The van der Waals surface area contributed by atoms with E-state index in [1.165, 1.54) is 48.6 Å². The maximum Gasteiger partial charge on any atom is 0.324 e. The third-order valence-corrected chi connectivity index (χ3v) is 3.94. The summed E-state index contributed by atoms with van der Waals surface area (Å²) in [4.78, 5) is 22.5. The highest BCUT2D eigenvalue weighted by atomic mass is 32.1. The third kappa shape index (κ3) is 4.12. The van der Waals surface area contributed by atoms with E-state index in [2.05, 4.69) is 15.5 Å². The molecule has 1 N–H and O–H groups in total. The SMILES string of the molecule is O=C(C=Cc1ccc([N+](=O)[O-])s1)Nc1nnc(-c2ccc(F)cc2)o1. The zero-order valence-electron chi connectivity index (χ0n) is 12.4. The molecule has 0 unspecified atom stereocenters. The van der Waals surface area contributed by atoms with Gasteiger partial charge in [-0.3, -0.25) is 20.2 Å². The normalized spacial score (nSPS) is 10.9. The Labute approximate surface area is 143 Å². The summed E-state index contributed by atoms with van der Waals surface area (Å²) in [5, 5.41) is 20.4. The zero-order valence-corrected chi connectivity index (χ0v) is 13.2. The second kappa shape index (κ2) is 7.01. The van der Waals surface area contributed by atoms with Gasteiger partial charge in [0.25, 0.3) is 5.91 Å². The first-order valence-electron chi connectivity index (χ1n) is 6.84. The van der Waals surface area contributed by atoms with Crippen molar-refractivity contribution in [3.8, 4) is 11.5 Å². The molecule has 0 saturated heterocycles. The van der Waals surface area contributed by atoms with Crippen LogP contribution in [0.4, 0.5) is 15.4 Å². The van der Waals surface area contributed by atoms with Crippen LogP contribution < -0.4 is 5.32 Å². The molecule has 0 radical (unpaired) electrons. The predicted octanol–water partition coefficient (Wildman–Crippen LogP) is 3.50. The van der Waals surface area contributed by atoms with E-state index in [1.807, 2.05) is 0 Å². The Kier molecular flexibility index (Phi) is 4.61. The number of aromatic nitrogens is 2. The molecule has 3 aromatic rings. The fourth-order valence-corrected chi connectivity index (χ4v) is 2.54. The first-order valence-corrected chi connectivity index (χ1v) is 7.65. The van der Waals surface area contributed by atoms with Gasteiger partial charge in [0.1, 0.15) is 5.82 Å². The van der Waals surface area contributed by atoms with Crippen LogP contribution in [0.5, 0.6) is 0 Å². The number of rotatable bonds is 5. The number of thiophene rings is 1. The van der Waals surface area contributed by atoms with E-state index in [9.17, 15) is 19.3 Å². The van der Waals surface area contributed by atoms with Crippen molar-refractivity contribution in [3.63, 3.8) is 0 Å². The van der Waals surface area contributed by atoms with Gasteiger partial charge >= 0.3 is 11.0 Å². The molecular formula is C15H9FN4O4S. The minimum atomic E-state index is -0.537. The van der Waals surface area contributed by atoms with Crippen LogP contribution in [0.2, 0.25) is 0 Å². The lowest BCUT2D eigenvalue weighted by atomic mass is 10.2. The van der Waals surface area contributed by atoms with E-state index in [0.717, 1.165) is 11.3 Å². The van der Waals surface area contributed by atoms with Crippen molar-refractivity contribution < 1.29 is 18.5 Å². The van der Waals surface area contributed by atoms with E-state index < -0.39 is 16.6 Å². The summed E-state index contributed by atoms with van der Waals surface area (Å²) in [5.41, 5.74) is 0.510. The molecule has 8 nitrogen and oxygen atoms in total. The highest BCUT2D eigenvalue weighted by Crippen LogP contribution is 2.25. The van der Waals surface area contributed by atoms with E-state index >= 15 is 0 Å². The van der Waals surface area contributed by atoms with Gasteiger partial charge in [-0.25, -0.2) is 4.39 Å². The van der Waals surface area contributed by atoms with Crippen molar-refractivity contribution in [1.29, 1.82) is 0 Å². The molecule has 3 rings (SSSR count). The van der Waals surface area contributed by atoms with Crippen LogP contribution in [-0.4, -0.2) is 21.0 Å². The van der Waals surface area contributed by atoms with Gasteiger partial charge in [-0.15, -0.1) is 5.10 Å². The lowest BCUT2D eigenvalue weighted by Gasteiger charge is -1.95. The monoisotopic (exact) mass is 360 g/mol. The molecule has 0 bridgehead atoms. The first kappa shape index (κ1) is 16.5. The number of carbonyl (C=O) groups is 1. The molecule has 0 aliphatic carbocycles. The van der Waals surface area contributed by atoms with Crippen molar-refractivity contribution in [3.05, 3.63) is 63.3 Å². The van der Waals surface area contributed by atoms with Crippen LogP contribution in [0.3, 0.4) is 0 Å². The third-order valence-electron chi connectivity index (χ3n) is 2.94. The number of amides is 1. The highest BCUT2D eigenvalue weighted by Gasteiger charge is 2.11. The first-order chi connectivity index (χ1) is 12.0. The van der Waals surface area contributed by atoms with Gasteiger partial charge in [0.2, 0.25) is 5.89 Å². The lowest BCUT2D eigenvalue weighted by Crippen LogP contribution is -2.07. The summed E-state index contributed by atoms with van der Waals surface area (Å²) in [7, 11) is 0. The number of nitrogens with one attached hydrogen (secondary N) is 1. The second-order valence-corrected chi connectivity index (χ2v) is 5.77. The van der Waals surface area contributed by atoms with Gasteiger partial charge in [0.05, 0.1) is 4.92 Å². The quantitative estimate of drug-likeness (QED) is 0.423. The fourth-order valence-electron chi connectivity index (χ4n) is 1.82. The summed E-state index contributed by atoms with van der Waals surface area (Å²) in [5.74, 6) is -0.797. The molecule has 0 atom stereocenters. The van der Waals surface area contributed by atoms with E-state index in [0.29, 0.717) is 10.4 Å². The van der Waals surface area contributed by atoms with Crippen LogP contribution in [0, 0.1) is 15.9 Å². The largest absolute Gasteiger partial charge is 0.403 e. The minimum absolute atomic E-state index is 0.0131. The molecule has 25 heavy (non-hydrogen) atoms. The number of anilines is 1. The number of nitro groups is 1. The van der Waals surface area contributed by atoms with Crippen molar-refractivity contribution >= 4 is 34.3 Å². The van der Waals surface area contributed by atoms with Crippen LogP contribution in [0.1, 0.15) is 4.88 Å². The molecule has 126 valence electrons. The smallest absolute Gasteiger partial charge is 0.324 e. The Morgan fingerprint density at radius 1 is 1.24 bits per heavy atom. The number of hydrogen-bond acceptors (Lipinski definition) is 7. The van der Waals surface area contributed by atoms with E-state index in [-0.39, 0.29) is 16.9 Å². The number of carbonyl (C=O) groups excluding carboxylic acids is 1. The van der Waals surface area contributed by atoms with Crippen LogP contribution in [-0.2, 0) is 4.79 Å².